The lowest BCUT2D eigenvalue weighted by atomic mass is 9.71. The highest BCUT2D eigenvalue weighted by Crippen LogP contribution is 2.49. The first-order valence-electron chi connectivity index (χ1n) is 12.7. The van der Waals surface area contributed by atoms with Gasteiger partial charge in [0.25, 0.3) is 0 Å². The number of esters is 1. The van der Waals surface area contributed by atoms with Crippen LogP contribution in [-0.2, 0) is 19.1 Å². The third-order valence-electron chi connectivity index (χ3n) is 7.17. The Morgan fingerprint density at radius 1 is 0.897 bits per heavy atom. The highest BCUT2D eigenvalue weighted by atomic mass is 16.6. The second-order valence-electron chi connectivity index (χ2n) is 9.35. The molecule has 0 aromatic heterocycles. The molecule has 2 aromatic rings. The standard InChI is InChI=1S/C30H35NO8/c1-17-26(30(33)39-12-11-34-2)27(19-15-24(36-4)29(38-6)25(16-19)37-5)28-21(31-17)13-18(14-22(28)32)20-9-7-8-10-23(20)35-3/h7-10,15-16,18,27,31H,11-14H2,1-6H3/t18-,27+/m1/s1. The second-order valence-corrected chi connectivity index (χ2v) is 9.35. The summed E-state index contributed by atoms with van der Waals surface area (Å²) in [5.74, 6) is 0.642. The zero-order chi connectivity index (χ0) is 28.1. The van der Waals surface area contributed by atoms with Crippen molar-refractivity contribution in [3.8, 4) is 23.0 Å². The maximum Gasteiger partial charge on any atom is 0.336 e. The average Bonchev–Trinajstić information content (AvgIpc) is 2.95. The van der Waals surface area contributed by atoms with Crippen molar-refractivity contribution in [3.63, 3.8) is 0 Å². The molecule has 1 aliphatic heterocycles. The van der Waals surface area contributed by atoms with E-state index in [1.807, 2.05) is 31.2 Å². The highest BCUT2D eigenvalue weighted by molar-refractivity contribution is 6.04. The van der Waals surface area contributed by atoms with Crippen LogP contribution < -0.4 is 24.3 Å². The SMILES string of the molecule is COCCOC(=O)C1=C(C)NC2=C(C(=O)C[C@H](c3ccccc3OC)C2)[C@H]1c1cc(OC)c(OC)c(OC)c1. The number of rotatable bonds is 10. The van der Waals surface area contributed by atoms with Gasteiger partial charge < -0.3 is 33.7 Å². The Hall–Kier alpha value is -3.98. The molecular formula is C30H35NO8. The molecule has 208 valence electrons. The van der Waals surface area contributed by atoms with Crippen LogP contribution in [-0.4, -0.2) is 60.5 Å². The molecular weight excluding hydrogens is 502 g/mol. The first kappa shape index (κ1) is 28.0. The number of methoxy groups -OCH3 is 5. The predicted octanol–water partition coefficient (Wildman–Crippen LogP) is 4.27. The van der Waals surface area contributed by atoms with E-state index < -0.39 is 11.9 Å². The Bertz CT molecular complexity index is 1290. The van der Waals surface area contributed by atoms with Gasteiger partial charge in [-0.2, -0.15) is 0 Å². The molecule has 0 amide bonds. The normalized spacial score (nSPS) is 18.8. The molecule has 4 rings (SSSR count). The third-order valence-corrected chi connectivity index (χ3v) is 7.17. The van der Waals surface area contributed by atoms with E-state index >= 15 is 0 Å². The van der Waals surface area contributed by atoms with Crippen molar-refractivity contribution in [1.82, 2.24) is 5.32 Å². The number of ether oxygens (including phenoxy) is 6. The Labute approximate surface area is 228 Å². The van der Waals surface area contributed by atoms with Crippen LogP contribution in [0.5, 0.6) is 23.0 Å². The largest absolute Gasteiger partial charge is 0.496 e. The van der Waals surface area contributed by atoms with Crippen LogP contribution in [0, 0.1) is 0 Å². The first-order chi connectivity index (χ1) is 18.9. The Balaban J connectivity index is 1.85. The molecule has 2 atom stereocenters. The van der Waals surface area contributed by atoms with Crippen LogP contribution in [0.3, 0.4) is 0 Å². The van der Waals surface area contributed by atoms with E-state index in [1.165, 1.54) is 28.4 Å². The maximum absolute atomic E-state index is 13.9. The molecule has 0 radical (unpaired) electrons. The lowest BCUT2D eigenvalue weighted by Crippen LogP contribution is -2.36. The van der Waals surface area contributed by atoms with E-state index in [2.05, 4.69) is 5.32 Å². The number of para-hydroxylation sites is 1. The van der Waals surface area contributed by atoms with Crippen molar-refractivity contribution in [2.75, 3.05) is 48.8 Å². The van der Waals surface area contributed by atoms with E-state index in [0.717, 1.165) is 17.0 Å². The number of hydrogen-bond donors (Lipinski definition) is 1. The highest BCUT2D eigenvalue weighted by Gasteiger charge is 2.42. The van der Waals surface area contributed by atoms with E-state index in [1.54, 1.807) is 19.2 Å². The van der Waals surface area contributed by atoms with Crippen molar-refractivity contribution >= 4 is 11.8 Å². The number of carbonyl (C=O) groups excluding carboxylic acids is 2. The zero-order valence-corrected chi connectivity index (χ0v) is 23.2. The van der Waals surface area contributed by atoms with Gasteiger partial charge in [0.2, 0.25) is 5.75 Å². The summed E-state index contributed by atoms with van der Waals surface area (Å²) >= 11 is 0. The third kappa shape index (κ3) is 5.45. The minimum atomic E-state index is -0.698. The smallest absolute Gasteiger partial charge is 0.336 e. The molecule has 1 aliphatic carbocycles. The van der Waals surface area contributed by atoms with Gasteiger partial charge in [-0.3, -0.25) is 4.79 Å². The molecule has 2 aromatic carbocycles. The van der Waals surface area contributed by atoms with Crippen molar-refractivity contribution in [2.24, 2.45) is 0 Å². The molecule has 1 N–H and O–H groups in total. The Kier molecular flexibility index (Phi) is 8.81. The summed E-state index contributed by atoms with van der Waals surface area (Å²) < 4.78 is 32.9. The topological polar surface area (TPSA) is 102 Å². The summed E-state index contributed by atoms with van der Waals surface area (Å²) in [6, 6.07) is 11.3. The lowest BCUT2D eigenvalue weighted by Gasteiger charge is -2.37. The van der Waals surface area contributed by atoms with Crippen LogP contribution in [0.1, 0.15) is 42.7 Å². The van der Waals surface area contributed by atoms with Crippen LogP contribution in [0.4, 0.5) is 0 Å². The van der Waals surface area contributed by atoms with E-state index in [-0.39, 0.29) is 31.3 Å². The van der Waals surface area contributed by atoms with Crippen LogP contribution in [0.15, 0.2) is 58.9 Å². The molecule has 1 heterocycles. The van der Waals surface area contributed by atoms with E-state index in [4.69, 9.17) is 28.4 Å². The number of carbonyl (C=O) groups is 2. The number of Topliss-reactive ketones (excluding diaryl/α,β-unsaturated/α-hetero) is 1. The van der Waals surface area contributed by atoms with Crippen molar-refractivity contribution in [1.29, 1.82) is 0 Å². The van der Waals surface area contributed by atoms with Gasteiger partial charge in [-0.1, -0.05) is 18.2 Å². The summed E-state index contributed by atoms with van der Waals surface area (Å²) in [4.78, 5) is 27.4. The van der Waals surface area contributed by atoms with E-state index in [0.29, 0.717) is 46.1 Å². The molecule has 9 heteroatoms. The number of benzene rings is 2. The van der Waals surface area contributed by atoms with Gasteiger partial charge in [0.1, 0.15) is 12.4 Å². The number of allylic oxidation sites excluding steroid dienone is 3. The minimum absolute atomic E-state index is 0.0619. The van der Waals surface area contributed by atoms with Crippen LogP contribution >= 0.6 is 0 Å². The molecule has 39 heavy (non-hydrogen) atoms. The Morgan fingerprint density at radius 2 is 1.56 bits per heavy atom. The summed E-state index contributed by atoms with van der Waals surface area (Å²) in [6.07, 6.45) is 0.846. The summed E-state index contributed by atoms with van der Waals surface area (Å²) in [5.41, 5.74) is 3.89. The summed E-state index contributed by atoms with van der Waals surface area (Å²) in [6.45, 7) is 2.16. The molecule has 2 aliphatic rings. The van der Waals surface area contributed by atoms with Crippen LogP contribution in [0.2, 0.25) is 0 Å². The van der Waals surface area contributed by atoms with Gasteiger partial charge in [0, 0.05) is 42.3 Å². The van der Waals surface area contributed by atoms with Crippen molar-refractivity contribution < 1.29 is 38.0 Å². The fourth-order valence-corrected chi connectivity index (χ4v) is 5.43. The molecule has 0 unspecified atom stereocenters. The molecule has 0 fully saturated rings. The summed E-state index contributed by atoms with van der Waals surface area (Å²) in [5, 5.41) is 3.37. The number of nitrogens with one attached hydrogen (secondary N) is 1. The van der Waals surface area contributed by atoms with Gasteiger partial charge in [-0.15, -0.1) is 0 Å². The monoisotopic (exact) mass is 537 g/mol. The number of hydrogen-bond acceptors (Lipinski definition) is 9. The molecule has 0 spiro atoms. The fraction of sp³-hybridized carbons (Fsp3) is 0.400. The fourth-order valence-electron chi connectivity index (χ4n) is 5.43. The minimum Gasteiger partial charge on any atom is -0.496 e. The van der Waals surface area contributed by atoms with Gasteiger partial charge in [-0.05, 0) is 42.7 Å². The van der Waals surface area contributed by atoms with Crippen molar-refractivity contribution in [3.05, 3.63) is 70.1 Å². The quantitative estimate of drug-likeness (QED) is 0.352. The van der Waals surface area contributed by atoms with Crippen molar-refractivity contribution in [2.45, 2.75) is 31.6 Å². The first-order valence-corrected chi connectivity index (χ1v) is 12.7. The van der Waals surface area contributed by atoms with Gasteiger partial charge >= 0.3 is 5.97 Å². The molecule has 0 bridgehead atoms. The molecule has 0 saturated carbocycles. The maximum atomic E-state index is 13.9. The van der Waals surface area contributed by atoms with Crippen LogP contribution in [0.25, 0.3) is 0 Å². The van der Waals surface area contributed by atoms with Gasteiger partial charge in [0.05, 0.1) is 40.6 Å². The molecule has 9 nitrogen and oxygen atoms in total. The lowest BCUT2D eigenvalue weighted by molar-refractivity contribution is -0.140. The second kappa shape index (κ2) is 12.3. The zero-order valence-electron chi connectivity index (χ0n) is 23.2. The number of ketones is 1. The van der Waals surface area contributed by atoms with E-state index in [9.17, 15) is 9.59 Å². The summed E-state index contributed by atoms with van der Waals surface area (Å²) in [7, 11) is 7.74. The Morgan fingerprint density at radius 3 is 2.18 bits per heavy atom. The number of dihydropyridines is 1. The van der Waals surface area contributed by atoms with Gasteiger partial charge in [0.15, 0.2) is 17.3 Å². The molecule has 0 saturated heterocycles. The average molecular weight is 538 g/mol. The predicted molar refractivity (Wildman–Crippen MR) is 145 cm³/mol. The van der Waals surface area contributed by atoms with Gasteiger partial charge in [-0.25, -0.2) is 4.79 Å².